The quantitative estimate of drug-likeness (QED) is 0.662. The third-order valence-corrected chi connectivity index (χ3v) is 3.75. The van der Waals surface area contributed by atoms with E-state index in [9.17, 15) is 5.11 Å². The molecular formula is C12H20O2. The summed E-state index contributed by atoms with van der Waals surface area (Å²) < 4.78 is 0. The Morgan fingerprint density at radius 2 is 2.21 bits per heavy atom. The van der Waals surface area contributed by atoms with E-state index in [4.69, 9.17) is 5.11 Å². The molecule has 0 bridgehead atoms. The molecule has 2 rings (SSSR count). The SMILES string of the molecule is OCC[C@@H]1C[C@H]2CCCCC2=C[C@H]1O. The summed E-state index contributed by atoms with van der Waals surface area (Å²) in [5.41, 5.74) is 1.48. The van der Waals surface area contributed by atoms with Crippen LogP contribution in [-0.4, -0.2) is 22.9 Å². The van der Waals surface area contributed by atoms with Gasteiger partial charge in [0.15, 0.2) is 0 Å². The number of aliphatic hydroxyl groups is 2. The van der Waals surface area contributed by atoms with Gasteiger partial charge in [-0.15, -0.1) is 0 Å². The van der Waals surface area contributed by atoms with E-state index in [0.29, 0.717) is 11.8 Å². The topological polar surface area (TPSA) is 40.5 Å². The summed E-state index contributed by atoms with van der Waals surface area (Å²) in [6.07, 6.45) is 8.71. The minimum absolute atomic E-state index is 0.206. The van der Waals surface area contributed by atoms with Crippen molar-refractivity contribution in [1.29, 1.82) is 0 Å². The molecule has 14 heavy (non-hydrogen) atoms. The van der Waals surface area contributed by atoms with Gasteiger partial charge in [0.05, 0.1) is 6.10 Å². The minimum Gasteiger partial charge on any atom is -0.396 e. The normalized spacial score (nSPS) is 37.6. The lowest BCUT2D eigenvalue weighted by Gasteiger charge is -2.35. The molecule has 1 fully saturated rings. The van der Waals surface area contributed by atoms with Crippen LogP contribution in [0.15, 0.2) is 11.6 Å². The zero-order chi connectivity index (χ0) is 9.97. The molecule has 0 unspecified atom stereocenters. The van der Waals surface area contributed by atoms with Crippen LogP contribution in [0.25, 0.3) is 0 Å². The van der Waals surface area contributed by atoms with Gasteiger partial charge < -0.3 is 10.2 Å². The number of hydrogen-bond donors (Lipinski definition) is 2. The first kappa shape index (κ1) is 10.2. The van der Waals surface area contributed by atoms with Crippen molar-refractivity contribution in [3.05, 3.63) is 11.6 Å². The molecule has 3 atom stereocenters. The smallest absolute Gasteiger partial charge is 0.0752 e. The zero-order valence-electron chi connectivity index (χ0n) is 8.65. The number of hydrogen-bond acceptors (Lipinski definition) is 2. The second kappa shape index (κ2) is 4.45. The van der Waals surface area contributed by atoms with Crippen molar-refractivity contribution in [3.8, 4) is 0 Å². The molecule has 0 aromatic rings. The van der Waals surface area contributed by atoms with Gasteiger partial charge in [-0.3, -0.25) is 0 Å². The van der Waals surface area contributed by atoms with Gasteiger partial charge in [-0.1, -0.05) is 18.1 Å². The Bertz CT molecular complexity index is 222. The summed E-state index contributed by atoms with van der Waals surface area (Å²) in [6, 6.07) is 0. The average molecular weight is 196 g/mol. The zero-order valence-corrected chi connectivity index (χ0v) is 8.65. The number of aliphatic hydroxyl groups excluding tert-OH is 2. The largest absolute Gasteiger partial charge is 0.396 e. The van der Waals surface area contributed by atoms with E-state index in [1.807, 2.05) is 0 Å². The molecule has 0 aromatic heterocycles. The van der Waals surface area contributed by atoms with Crippen LogP contribution in [0.2, 0.25) is 0 Å². The predicted molar refractivity (Wildman–Crippen MR) is 55.9 cm³/mol. The number of rotatable bonds is 2. The molecule has 0 radical (unpaired) electrons. The molecule has 2 heteroatoms. The molecule has 80 valence electrons. The Hall–Kier alpha value is -0.340. The van der Waals surface area contributed by atoms with Crippen LogP contribution >= 0.6 is 0 Å². The van der Waals surface area contributed by atoms with E-state index in [-0.39, 0.29) is 12.7 Å². The van der Waals surface area contributed by atoms with Crippen LogP contribution in [-0.2, 0) is 0 Å². The van der Waals surface area contributed by atoms with Crippen LogP contribution in [0.3, 0.4) is 0 Å². The molecule has 0 spiro atoms. The van der Waals surface area contributed by atoms with E-state index in [0.717, 1.165) is 12.8 Å². The van der Waals surface area contributed by atoms with E-state index < -0.39 is 0 Å². The fraction of sp³-hybridized carbons (Fsp3) is 0.833. The molecule has 0 aliphatic heterocycles. The first-order chi connectivity index (χ1) is 6.81. The predicted octanol–water partition coefficient (Wildman–Crippen LogP) is 1.87. The van der Waals surface area contributed by atoms with Crippen LogP contribution in [0, 0.1) is 11.8 Å². The highest BCUT2D eigenvalue weighted by Crippen LogP contribution is 2.39. The Morgan fingerprint density at radius 1 is 1.36 bits per heavy atom. The van der Waals surface area contributed by atoms with Crippen molar-refractivity contribution in [2.45, 2.75) is 44.6 Å². The fourth-order valence-electron chi connectivity index (χ4n) is 2.91. The third-order valence-electron chi connectivity index (χ3n) is 3.75. The van der Waals surface area contributed by atoms with Gasteiger partial charge in [0, 0.05) is 6.61 Å². The minimum atomic E-state index is -0.300. The van der Waals surface area contributed by atoms with Gasteiger partial charge in [-0.25, -0.2) is 0 Å². The lowest BCUT2D eigenvalue weighted by molar-refractivity contribution is 0.0971. The number of fused-ring (bicyclic) bond motifs is 1. The van der Waals surface area contributed by atoms with Crippen molar-refractivity contribution < 1.29 is 10.2 Å². The molecule has 0 saturated heterocycles. The molecule has 2 aliphatic rings. The molecule has 1 saturated carbocycles. The van der Waals surface area contributed by atoms with Gasteiger partial charge in [0.25, 0.3) is 0 Å². The van der Waals surface area contributed by atoms with E-state index in [1.54, 1.807) is 0 Å². The monoisotopic (exact) mass is 196 g/mol. The maximum absolute atomic E-state index is 9.85. The van der Waals surface area contributed by atoms with Gasteiger partial charge in [-0.05, 0) is 43.9 Å². The van der Waals surface area contributed by atoms with Crippen LogP contribution < -0.4 is 0 Å². The highest BCUT2D eigenvalue weighted by molar-refractivity contribution is 5.16. The molecule has 2 N–H and O–H groups in total. The van der Waals surface area contributed by atoms with Crippen molar-refractivity contribution in [1.82, 2.24) is 0 Å². The average Bonchev–Trinajstić information content (AvgIpc) is 2.19. The van der Waals surface area contributed by atoms with Gasteiger partial charge >= 0.3 is 0 Å². The molecule has 0 aromatic carbocycles. The highest BCUT2D eigenvalue weighted by Gasteiger charge is 2.30. The molecular weight excluding hydrogens is 176 g/mol. The summed E-state index contributed by atoms with van der Waals surface area (Å²) in [5.74, 6) is 1.01. The summed E-state index contributed by atoms with van der Waals surface area (Å²) in [4.78, 5) is 0. The lowest BCUT2D eigenvalue weighted by Crippen LogP contribution is -2.30. The van der Waals surface area contributed by atoms with Crippen LogP contribution in [0.5, 0.6) is 0 Å². The molecule has 0 amide bonds. The molecule has 2 aliphatic carbocycles. The Balaban J connectivity index is 2.04. The van der Waals surface area contributed by atoms with E-state index >= 15 is 0 Å². The van der Waals surface area contributed by atoms with Gasteiger partial charge in [0.2, 0.25) is 0 Å². The summed E-state index contributed by atoms with van der Waals surface area (Å²) in [7, 11) is 0. The fourth-order valence-corrected chi connectivity index (χ4v) is 2.91. The first-order valence-corrected chi connectivity index (χ1v) is 5.80. The molecule has 0 heterocycles. The third kappa shape index (κ3) is 2.01. The molecule has 2 nitrogen and oxygen atoms in total. The van der Waals surface area contributed by atoms with Gasteiger partial charge in [-0.2, -0.15) is 0 Å². The lowest BCUT2D eigenvalue weighted by atomic mass is 9.72. The summed E-state index contributed by atoms with van der Waals surface area (Å²) in [5, 5.41) is 18.8. The van der Waals surface area contributed by atoms with Gasteiger partial charge in [0.1, 0.15) is 0 Å². The van der Waals surface area contributed by atoms with Crippen molar-refractivity contribution in [3.63, 3.8) is 0 Å². The maximum Gasteiger partial charge on any atom is 0.0752 e. The summed E-state index contributed by atoms with van der Waals surface area (Å²) in [6.45, 7) is 0.206. The van der Waals surface area contributed by atoms with E-state index in [1.165, 1.54) is 31.3 Å². The summed E-state index contributed by atoms with van der Waals surface area (Å²) >= 11 is 0. The Kier molecular flexibility index (Phi) is 3.24. The van der Waals surface area contributed by atoms with Crippen molar-refractivity contribution >= 4 is 0 Å². The van der Waals surface area contributed by atoms with Crippen LogP contribution in [0.1, 0.15) is 38.5 Å². The number of allylic oxidation sites excluding steroid dienone is 1. The second-order valence-electron chi connectivity index (χ2n) is 4.68. The van der Waals surface area contributed by atoms with Crippen molar-refractivity contribution in [2.75, 3.05) is 6.61 Å². The second-order valence-corrected chi connectivity index (χ2v) is 4.68. The Labute approximate surface area is 85.6 Å². The van der Waals surface area contributed by atoms with Crippen LogP contribution in [0.4, 0.5) is 0 Å². The Morgan fingerprint density at radius 3 is 3.00 bits per heavy atom. The standard InChI is InChI=1S/C12H20O2/c13-6-5-11-7-9-3-1-2-4-10(9)8-12(11)14/h8-9,11-14H,1-7H2/t9-,11-,12-/m1/s1. The maximum atomic E-state index is 9.85. The van der Waals surface area contributed by atoms with Crippen molar-refractivity contribution in [2.24, 2.45) is 11.8 Å². The highest BCUT2D eigenvalue weighted by atomic mass is 16.3. The first-order valence-electron chi connectivity index (χ1n) is 5.80. The van der Waals surface area contributed by atoms with E-state index in [2.05, 4.69) is 6.08 Å².